The lowest BCUT2D eigenvalue weighted by Gasteiger charge is -2.35. The van der Waals surface area contributed by atoms with Gasteiger partial charge < -0.3 is 9.80 Å². The van der Waals surface area contributed by atoms with Crippen LogP contribution in [0.3, 0.4) is 0 Å². The van der Waals surface area contributed by atoms with Crippen molar-refractivity contribution in [3.05, 3.63) is 59.9 Å². The Kier molecular flexibility index (Phi) is 5.42. The summed E-state index contributed by atoms with van der Waals surface area (Å²) in [4.78, 5) is 16.1. The number of carbonyl (C=O) groups is 1. The van der Waals surface area contributed by atoms with E-state index in [0.29, 0.717) is 32.7 Å². The van der Waals surface area contributed by atoms with Gasteiger partial charge in [-0.05, 0) is 49.2 Å². The third-order valence-electron chi connectivity index (χ3n) is 5.95. The first-order chi connectivity index (χ1) is 13.9. The Morgan fingerprint density at radius 2 is 1.69 bits per heavy atom. The van der Waals surface area contributed by atoms with Crippen LogP contribution in [0.5, 0.6) is 0 Å². The number of piperazine rings is 1. The Labute approximate surface area is 170 Å². The van der Waals surface area contributed by atoms with Gasteiger partial charge in [0.05, 0.1) is 31.1 Å². The van der Waals surface area contributed by atoms with Crippen molar-refractivity contribution in [3.63, 3.8) is 0 Å². The molecule has 2 heterocycles. The first-order valence-corrected chi connectivity index (χ1v) is 11.3. The summed E-state index contributed by atoms with van der Waals surface area (Å²) in [5.74, 6) is -0.381. The van der Waals surface area contributed by atoms with Gasteiger partial charge in [0, 0.05) is 12.2 Å². The maximum absolute atomic E-state index is 13.1. The van der Waals surface area contributed by atoms with Gasteiger partial charge in [0.1, 0.15) is 5.82 Å². The smallest absolute Gasteiger partial charge is 0.284 e. The Hall–Kier alpha value is -2.29. The number of nitrogens with zero attached hydrogens (tertiary/aromatic N) is 2. The van der Waals surface area contributed by atoms with Crippen molar-refractivity contribution in [2.45, 2.75) is 24.3 Å². The number of amides is 1. The summed E-state index contributed by atoms with van der Waals surface area (Å²) in [6.45, 7) is 4.40. The Morgan fingerprint density at radius 1 is 1.03 bits per heavy atom. The maximum atomic E-state index is 13.1. The molecule has 4 rings (SSSR count). The molecule has 6 nitrogen and oxygen atoms in total. The number of para-hydroxylation sites is 1. The predicted molar refractivity (Wildman–Crippen MR) is 108 cm³/mol. The highest BCUT2D eigenvalue weighted by Gasteiger charge is 2.37. The fraction of sp³-hybridized carbons (Fsp3) is 0.381. The second kappa shape index (κ2) is 7.85. The molecule has 1 atom stereocenters. The fourth-order valence-corrected chi connectivity index (χ4v) is 5.62. The summed E-state index contributed by atoms with van der Waals surface area (Å²) in [6.07, 6.45) is 0.869. The summed E-state index contributed by atoms with van der Waals surface area (Å²) in [5, 5.41) is 0. The second-order valence-corrected chi connectivity index (χ2v) is 9.54. The van der Waals surface area contributed by atoms with Crippen LogP contribution in [0, 0.1) is 5.82 Å². The largest absolute Gasteiger partial charge is 0.323 e. The minimum Gasteiger partial charge on any atom is -0.323 e. The van der Waals surface area contributed by atoms with Crippen LogP contribution in [0.2, 0.25) is 0 Å². The van der Waals surface area contributed by atoms with Gasteiger partial charge in [-0.3, -0.25) is 4.79 Å². The number of carbonyl (C=O) groups excluding carboxylic acids is 1. The molecule has 154 valence electrons. The number of anilines is 1. The third kappa shape index (κ3) is 3.80. The molecule has 0 aliphatic carbocycles. The quantitative estimate of drug-likeness (QED) is 0.795. The molecule has 0 spiro atoms. The van der Waals surface area contributed by atoms with Crippen molar-refractivity contribution in [1.82, 2.24) is 4.31 Å². The molecule has 2 aromatic rings. The molecular weight excluding hydrogens is 393 g/mol. The summed E-state index contributed by atoms with van der Waals surface area (Å²) < 4.78 is 40.1. The summed E-state index contributed by atoms with van der Waals surface area (Å²) in [5.41, 5.74) is 2.18. The van der Waals surface area contributed by atoms with E-state index in [0.717, 1.165) is 29.1 Å². The summed E-state index contributed by atoms with van der Waals surface area (Å²) >= 11 is 0. The van der Waals surface area contributed by atoms with Gasteiger partial charge >= 0.3 is 0 Å². The number of quaternary nitrogens is 1. The first kappa shape index (κ1) is 20.0. The van der Waals surface area contributed by atoms with E-state index in [2.05, 4.69) is 6.07 Å². The normalized spacial score (nSPS) is 19.2. The molecule has 8 heteroatoms. The van der Waals surface area contributed by atoms with Crippen molar-refractivity contribution < 1.29 is 22.5 Å². The number of hydrogen-bond acceptors (Lipinski definition) is 3. The highest BCUT2D eigenvalue weighted by Crippen LogP contribution is 2.27. The molecule has 29 heavy (non-hydrogen) atoms. The molecule has 0 unspecified atom stereocenters. The lowest BCUT2D eigenvalue weighted by molar-refractivity contribution is -0.917. The molecule has 0 aromatic heterocycles. The van der Waals surface area contributed by atoms with Crippen molar-refractivity contribution in [2.24, 2.45) is 0 Å². The van der Waals surface area contributed by atoms with Crippen LogP contribution in [-0.4, -0.2) is 57.4 Å². The third-order valence-corrected chi connectivity index (χ3v) is 7.86. The summed E-state index contributed by atoms with van der Waals surface area (Å²) in [6, 6.07) is 12.6. The van der Waals surface area contributed by atoms with E-state index < -0.39 is 15.8 Å². The van der Waals surface area contributed by atoms with E-state index in [9.17, 15) is 17.6 Å². The van der Waals surface area contributed by atoms with Gasteiger partial charge in [0.25, 0.3) is 5.91 Å². The number of benzene rings is 2. The van der Waals surface area contributed by atoms with Crippen molar-refractivity contribution in [1.29, 1.82) is 0 Å². The van der Waals surface area contributed by atoms with Crippen molar-refractivity contribution in [3.8, 4) is 0 Å². The Morgan fingerprint density at radius 3 is 2.38 bits per heavy atom. The van der Waals surface area contributed by atoms with Gasteiger partial charge in [-0.15, -0.1) is 0 Å². The molecule has 2 aliphatic rings. The van der Waals surface area contributed by atoms with Crippen LogP contribution in [0.25, 0.3) is 0 Å². The average molecular weight is 419 g/mol. The molecule has 0 saturated carbocycles. The van der Waals surface area contributed by atoms with E-state index in [1.165, 1.54) is 22.0 Å². The number of fused-ring (bicyclic) bond motifs is 1. The SMILES string of the molecule is C[C@H](C(=O)N1CCc2ccccc21)[NH+]1CCN(S(=O)(=O)c2ccc(F)cc2)CC1. The highest BCUT2D eigenvalue weighted by molar-refractivity contribution is 7.89. The Balaban J connectivity index is 1.40. The van der Waals surface area contributed by atoms with Crippen LogP contribution in [-0.2, 0) is 21.2 Å². The van der Waals surface area contributed by atoms with Crippen molar-refractivity contribution >= 4 is 21.6 Å². The van der Waals surface area contributed by atoms with Gasteiger partial charge in [-0.25, -0.2) is 12.8 Å². The zero-order chi connectivity index (χ0) is 20.6. The average Bonchev–Trinajstić information content (AvgIpc) is 3.17. The second-order valence-electron chi connectivity index (χ2n) is 7.61. The van der Waals surface area contributed by atoms with Crippen LogP contribution >= 0.6 is 0 Å². The Bertz CT molecular complexity index is 1000. The van der Waals surface area contributed by atoms with Crippen LogP contribution in [0.4, 0.5) is 10.1 Å². The van der Waals surface area contributed by atoms with Crippen molar-refractivity contribution in [2.75, 3.05) is 37.6 Å². The minimum atomic E-state index is -3.65. The molecule has 1 saturated heterocycles. The van der Waals surface area contributed by atoms with E-state index >= 15 is 0 Å². The van der Waals surface area contributed by atoms with E-state index in [1.807, 2.05) is 30.0 Å². The topological polar surface area (TPSA) is 62.1 Å². The first-order valence-electron chi connectivity index (χ1n) is 9.87. The molecule has 2 aromatic carbocycles. The molecule has 1 N–H and O–H groups in total. The standard InChI is InChI=1S/C21H24FN3O3S/c1-16(21(26)25-11-10-17-4-2-3-5-20(17)25)23-12-14-24(15-13-23)29(27,28)19-8-6-18(22)7-9-19/h2-9,16H,10-15H2,1H3/p+1/t16-/m1/s1. The molecule has 0 radical (unpaired) electrons. The molecule has 1 fully saturated rings. The lowest BCUT2D eigenvalue weighted by atomic mass is 10.1. The minimum absolute atomic E-state index is 0.0831. The fourth-order valence-electron chi connectivity index (χ4n) is 4.18. The summed E-state index contributed by atoms with van der Waals surface area (Å²) in [7, 11) is -3.65. The maximum Gasteiger partial charge on any atom is 0.284 e. The highest BCUT2D eigenvalue weighted by atomic mass is 32.2. The predicted octanol–water partition coefficient (Wildman–Crippen LogP) is 0.693. The lowest BCUT2D eigenvalue weighted by Crippen LogP contribution is -3.19. The van der Waals surface area contributed by atoms with Gasteiger partial charge in [-0.2, -0.15) is 4.31 Å². The molecular formula is C21H25FN3O3S+. The van der Waals surface area contributed by atoms with Gasteiger partial charge in [0.2, 0.25) is 10.0 Å². The molecule has 2 aliphatic heterocycles. The zero-order valence-electron chi connectivity index (χ0n) is 16.3. The van der Waals surface area contributed by atoms with Gasteiger partial charge in [-0.1, -0.05) is 18.2 Å². The number of hydrogen-bond donors (Lipinski definition) is 1. The number of sulfonamides is 1. The number of rotatable bonds is 4. The van der Waals surface area contributed by atoms with E-state index in [-0.39, 0.29) is 16.8 Å². The number of halogens is 1. The van der Waals surface area contributed by atoms with E-state index in [4.69, 9.17) is 0 Å². The van der Waals surface area contributed by atoms with Crippen LogP contribution < -0.4 is 9.80 Å². The van der Waals surface area contributed by atoms with E-state index in [1.54, 1.807) is 0 Å². The molecule has 0 bridgehead atoms. The number of nitrogens with one attached hydrogen (secondary N) is 1. The van der Waals surface area contributed by atoms with Crippen LogP contribution in [0.1, 0.15) is 12.5 Å². The van der Waals surface area contributed by atoms with Gasteiger partial charge in [0.15, 0.2) is 6.04 Å². The molecule has 1 amide bonds. The zero-order valence-corrected chi connectivity index (χ0v) is 17.2. The van der Waals surface area contributed by atoms with Crippen LogP contribution in [0.15, 0.2) is 53.4 Å². The monoisotopic (exact) mass is 418 g/mol.